The molecule has 2 amide bonds. The van der Waals surface area contributed by atoms with E-state index in [9.17, 15) is 9.59 Å². The number of rotatable bonds is 7. The minimum Gasteiger partial charge on any atom is -0.493 e. The number of carbonyl (C=O) groups is 2. The molecule has 3 fully saturated rings. The van der Waals surface area contributed by atoms with Crippen LogP contribution in [0.5, 0.6) is 11.5 Å². The second kappa shape index (κ2) is 9.03. The first-order valence-electron chi connectivity index (χ1n) is 10.7. The van der Waals surface area contributed by atoms with E-state index in [0.717, 1.165) is 32.5 Å². The second-order valence-electron chi connectivity index (χ2n) is 8.41. The lowest BCUT2D eigenvalue weighted by Gasteiger charge is -2.52. The Hall–Kier alpha value is -2.28. The van der Waals surface area contributed by atoms with Crippen LogP contribution in [-0.4, -0.2) is 74.1 Å². The number of ether oxygens (including phenoxy) is 2. The molecule has 158 valence electrons. The first kappa shape index (κ1) is 20.0. The minimum absolute atomic E-state index is 0.0326. The number of methoxy groups -OCH3 is 1. The van der Waals surface area contributed by atoms with E-state index in [4.69, 9.17) is 9.47 Å². The van der Waals surface area contributed by atoms with Crippen LogP contribution in [0.1, 0.15) is 25.7 Å². The number of para-hydroxylation sites is 2. The molecule has 0 saturated carbocycles. The maximum absolute atomic E-state index is 12.4. The number of piperidine rings is 3. The number of benzene rings is 1. The van der Waals surface area contributed by atoms with Crippen LogP contribution in [0.15, 0.2) is 24.3 Å². The Morgan fingerprint density at radius 3 is 2.86 bits per heavy atom. The fourth-order valence-corrected chi connectivity index (χ4v) is 5.19. The van der Waals surface area contributed by atoms with Crippen LogP contribution in [0.25, 0.3) is 0 Å². The Morgan fingerprint density at radius 1 is 1.21 bits per heavy atom. The van der Waals surface area contributed by atoms with Crippen molar-refractivity contribution in [3.05, 3.63) is 24.3 Å². The molecule has 1 aromatic rings. The van der Waals surface area contributed by atoms with Crippen molar-refractivity contribution in [2.75, 3.05) is 46.4 Å². The van der Waals surface area contributed by atoms with Crippen molar-refractivity contribution in [3.8, 4) is 11.5 Å². The maximum atomic E-state index is 12.4. The number of hydrogen-bond donors (Lipinski definition) is 1. The van der Waals surface area contributed by atoms with E-state index in [1.54, 1.807) is 7.11 Å². The lowest BCUT2D eigenvalue weighted by Crippen LogP contribution is -2.61. The van der Waals surface area contributed by atoms with Gasteiger partial charge in [0.15, 0.2) is 11.5 Å². The van der Waals surface area contributed by atoms with Crippen LogP contribution in [0.4, 0.5) is 0 Å². The Bertz CT molecular complexity index is 741. The van der Waals surface area contributed by atoms with Crippen LogP contribution in [0, 0.1) is 11.8 Å². The SMILES string of the molecule is COc1ccccc1OCCNC(=O)CN1CC2C[C@H](C1)CN1C(=O)CCC[C@H]21. The minimum atomic E-state index is 0.0326. The van der Waals surface area contributed by atoms with Gasteiger partial charge in [-0.25, -0.2) is 0 Å². The van der Waals surface area contributed by atoms with Gasteiger partial charge in [-0.05, 0) is 43.2 Å². The van der Waals surface area contributed by atoms with Gasteiger partial charge in [0.25, 0.3) is 0 Å². The normalized spacial score (nSPS) is 26.6. The van der Waals surface area contributed by atoms with Crippen molar-refractivity contribution < 1.29 is 19.1 Å². The molecule has 3 saturated heterocycles. The largest absolute Gasteiger partial charge is 0.493 e. The van der Waals surface area contributed by atoms with Gasteiger partial charge < -0.3 is 19.7 Å². The number of fused-ring (bicyclic) bond motifs is 4. The molecule has 1 aromatic carbocycles. The highest BCUT2D eigenvalue weighted by Crippen LogP contribution is 2.37. The summed E-state index contributed by atoms with van der Waals surface area (Å²) in [6.07, 6.45) is 4.02. The van der Waals surface area contributed by atoms with E-state index >= 15 is 0 Å². The highest BCUT2D eigenvalue weighted by atomic mass is 16.5. The van der Waals surface area contributed by atoms with Gasteiger partial charge in [-0.1, -0.05) is 12.1 Å². The first-order valence-corrected chi connectivity index (χ1v) is 10.7. The zero-order valence-electron chi connectivity index (χ0n) is 17.1. The summed E-state index contributed by atoms with van der Waals surface area (Å²) in [6, 6.07) is 7.87. The fourth-order valence-electron chi connectivity index (χ4n) is 5.19. The average molecular weight is 402 g/mol. The summed E-state index contributed by atoms with van der Waals surface area (Å²) in [7, 11) is 1.61. The molecule has 3 atom stereocenters. The molecule has 0 spiro atoms. The van der Waals surface area contributed by atoms with Crippen molar-refractivity contribution in [2.24, 2.45) is 11.8 Å². The summed E-state index contributed by atoms with van der Waals surface area (Å²) < 4.78 is 11.0. The van der Waals surface area contributed by atoms with E-state index < -0.39 is 0 Å². The van der Waals surface area contributed by atoms with Crippen molar-refractivity contribution in [1.82, 2.24) is 15.1 Å². The van der Waals surface area contributed by atoms with Gasteiger partial charge in [-0.2, -0.15) is 0 Å². The molecule has 4 rings (SSSR count). The lowest BCUT2D eigenvalue weighted by atomic mass is 9.76. The lowest BCUT2D eigenvalue weighted by molar-refractivity contribution is -0.145. The standard InChI is InChI=1S/C22H31N3O4/c1-28-19-6-2-3-7-20(19)29-10-9-23-21(26)15-24-12-16-11-17(14-24)18-5-4-8-22(27)25(18)13-16/h2-3,6-7,16-18H,4-5,8-15H2,1H3,(H,23,26)/t16-,17?,18-/m1/s1. The molecule has 3 aliphatic heterocycles. The molecular formula is C22H31N3O4. The van der Waals surface area contributed by atoms with Gasteiger partial charge in [0.1, 0.15) is 6.61 Å². The Labute approximate surface area is 172 Å². The zero-order chi connectivity index (χ0) is 20.2. The van der Waals surface area contributed by atoms with Crippen molar-refractivity contribution >= 4 is 11.8 Å². The van der Waals surface area contributed by atoms with E-state index in [2.05, 4.69) is 15.1 Å². The summed E-state index contributed by atoms with van der Waals surface area (Å²) in [5, 5.41) is 2.96. The smallest absolute Gasteiger partial charge is 0.234 e. The van der Waals surface area contributed by atoms with Crippen LogP contribution in [0.3, 0.4) is 0 Å². The van der Waals surface area contributed by atoms with E-state index in [1.807, 2.05) is 24.3 Å². The Kier molecular flexibility index (Phi) is 6.23. The summed E-state index contributed by atoms with van der Waals surface area (Å²) in [6.45, 7) is 3.96. The summed E-state index contributed by atoms with van der Waals surface area (Å²) in [4.78, 5) is 29.0. The molecule has 29 heavy (non-hydrogen) atoms. The predicted molar refractivity (Wildman–Crippen MR) is 109 cm³/mol. The molecule has 0 aromatic heterocycles. The highest BCUT2D eigenvalue weighted by molar-refractivity contribution is 5.78. The van der Waals surface area contributed by atoms with Crippen LogP contribution < -0.4 is 14.8 Å². The quantitative estimate of drug-likeness (QED) is 0.702. The third-order valence-electron chi connectivity index (χ3n) is 6.37. The number of amides is 2. The van der Waals surface area contributed by atoms with Crippen LogP contribution >= 0.6 is 0 Å². The van der Waals surface area contributed by atoms with Gasteiger partial charge in [0, 0.05) is 32.1 Å². The second-order valence-corrected chi connectivity index (χ2v) is 8.41. The van der Waals surface area contributed by atoms with Gasteiger partial charge in [0.2, 0.25) is 11.8 Å². The number of likely N-dealkylation sites (tertiary alicyclic amines) is 1. The summed E-state index contributed by atoms with van der Waals surface area (Å²) in [5.74, 6) is 2.73. The number of hydrogen-bond acceptors (Lipinski definition) is 5. The highest BCUT2D eigenvalue weighted by Gasteiger charge is 2.43. The molecule has 0 aliphatic carbocycles. The molecule has 2 bridgehead atoms. The van der Waals surface area contributed by atoms with Crippen molar-refractivity contribution in [3.63, 3.8) is 0 Å². The Balaban J connectivity index is 1.21. The monoisotopic (exact) mass is 401 g/mol. The third kappa shape index (κ3) is 4.66. The van der Waals surface area contributed by atoms with Crippen molar-refractivity contribution in [1.29, 1.82) is 0 Å². The zero-order valence-corrected chi connectivity index (χ0v) is 17.1. The molecule has 1 N–H and O–H groups in total. The van der Waals surface area contributed by atoms with Crippen molar-refractivity contribution in [2.45, 2.75) is 31.7 Å². The Morgan fingerprint density at radius 2 is 2.03 bits per heavy atom. The summed E-state index contributed by atoms with van der Waals surface area (Å²) >= 11 is 0. The molecule has 3 heterocycles. The van der Waals surface area contributed by atoms with Gasteiger partial charge >= 0.3 is 0 Å². The molecule has 1 unspecified atom stereocenters. The average Bonchev–Trinajstić information content (AvgIpc) is 2.72. The number of nitrogens with zero attached hydrogens (tertiary/aromatic N) is 2. The molecular weight excluding hydrogens is 370 g/mol. The molecule has 7 nitrogen and oxygen atoms in total. The molecule has 3 aliphatic rings. The first-order chi connectivity index (χ1) is 14.1. The predicted octanol–water partition coefficient (Wildman–Crippen LogP) is 1.52. The van der Waals surface area contributed by atoms with Gasteiger partial charge in [-0.15, -0.1) is 0 Å². The van der Waals surface area contributed by atoms with Gasteiger partial charge in [0.05, 0.1) is 20.2 Å². The number of carbonyl (C=O) groups excluding carboxylic acids is 2. The number of nitrogens with one attached hydrogen (secondary N) is 1. The van der Waals surface area contributed by atoms with Gasteiger partial charge in [-0.3, -0.25) is 14.5 Å². The van der Waals surface area contributed by atoms with E-state index in [-0.39, 0.29) is 5.91 Å². The maximum Gasteiger partial charge on any atom is 0.234 e. The van der Waals surface area contributed by atoms with E-state index in [1.165, 1.54) is 6.42 Å². The topological polar surface area (TPSA) is 71.1 Å². The van der Waals surface area contributed by atoms with Crippen LogP contribution in [-0.2, 0) is 9.59 Å². The summed E-state index contributed by atoms with van der Waals surface area (Å²) in [5.41, 5.74) is 0. The fraction of sp³-hybridized carbons (Fsp3) is 0.636. The molecule has 7 heteroatoms. The molecule has 0 radical (unpaired) electrons. The van der Waals surface area contributed by atoms with E-state index in [0.29, 0.717) is 61.4 Å². The third-order valence-corrected chi connectivity index (χ3v) is 6.37. The van der Waals surface area contributed by atoms with Crippen LogP contribution in [0.2, 0.25) is 0 Å².